The van der Waals surface area contributed by atoms with Crippen LogP contribution in [0.2, 0.25) is 0 Å². The second-order valence-corrected chi connectivity index (χ2v) is 5.06. The fourth-order valence-electron chi connectivity index (χ4n) is 1.58. The number of aliphatic hydroxyl groups excluding tert-OH is 1. The summed E-state index contributed by atoms with van der Waals surface area (Å²) >= 11 is 3.27. The van der Waals surface area contributed by atoms with Crippen molar-refractivity contribution < 1.29 is 9.90 Å². The quantitative estimate of drug-likeness (QED) is 0.913. The zero-order valence-electron chi connectivity index (χ0n) is 10.3. The van der Waals surface area contributed by atoms with Gasteiger partial charge in [0.2, 0.25) is 0 Å². The summed E-state index contributed by atoms with van der Waals surface area (Å²) in [5.74, 6) is -0.224. The van der Waals surface area contributed by atoms with E-state index < -0.39 is 6.10 Å². The van der Waals surface area contributed by atoms with E-state index in [1.807, 2.05) is 0 Å². The fraction of sp³-hybridized carbons (Fsp3) is 0.143. The van der Waals surface area contributed by atoms with Crippen molar-refractivity contribution in [1.29, 1.82) is 0 Å². The average Bonchev–Trinajstić information content (AvgIpc) is 2.39. The summed E-state index contributed by atoms with van der Waals surface area (Å²) in [5, 5.41) is 12.2. The highest BCUT2D eigenvalue weighted by molar-refractivity contribution is 9.10. The first-order valence-electron chi connectivity index (χ1n) is 5.76. The lowest BCUT2D eigenvalue weighted by Crippen LogP contribution is -2.12. The number of rotatable bonds is 3. The van der Waals surface area contributed by atoms with E-state index in [1.165, 1.54) is 6.20 Å². The van der Waals surface area contributed by atoms with E-state index >= 15 is 0 Å². The molecule has 0 spiro atoms. The van der Waals surface area contributed by atoms with Crippen LogP contribution in [0, 0.1) is 0 Å². The van der Waals surface area contributed by atoms with Crippen molar-refractivity contribution >= 4 is 27.5 Å². The van der Waals surface area contributed by atoms with Crippen LogP contribution in [-0.2, 0) is 0 Å². The second kappa shape index (κ2) is 5.95. The number of amides is 1. The summed E-state index contributed by atoms with van der Waals surface area (Å²) in [4.78, 5) is 15.9. The Balaban J connectivity index is 2.10. The minimum atomic E-state index is -0.515. The molecule has 1 atom stereocenters. The molecule has 0 aliphatic heterocycles. The van der Waals surface area contributed by atoms with Crippen LogP contribution in [0.1, 0.15) is 28.9 Å². The normalized spacial score (nSPS) is 11.9. The van der Waals surface area contributed by atoms with Gasteiger partial charge in [-0.3, -0.25) is 9.78 Å². The smallest absolute Gasteiger partial charge is 0.257 e. The number of aromatic nitrogens is 1. The first-order valence-corrected chi connectivity index (χ1v) is 6.55. The largest absolute Gasteiger partial charge is 0.389 e. The Kier molecular flexibility index (Phi) is 4.29. The topological polar surface area (TPSA) is 62.2 Å². The van der Waals surface area contributed by atoms with Gasteiger partial charge in [0.25, 0.3) is 5.91 Å². The molecule has 1 amide bonds. The summed E-state index contributed by atoms with van der Waals surface area (Å²) in [6.07, 6.45) is 2.61. The molecule has 1 heterocycles. The summed E-state index contributed by atoms with van der Waals surface area (Å²) in [6, 6.07) is 8.77. The molecule has 1 aromatic carbocycles. The highest BCUT2D eigenvalue weighted by atomic mass is 79.9. The van der Waals surface area contributed by atoms with E-state index in [-0.39, 0.29) is 5.91 Å². The lowest BCUT2D eigenvalue weighted by molar-refractivity contribution is 0.102. The Bertz CT molecular complexity index is 582. The minimum Gasteiger partial charge on any atom is -0.389 e. The number of carbonyl (C=O) groups excluding carboxylic acids is 1. The van der Waals surface area contributed by atoms with Gasteiger partial charge in [0.05, 0.1) is 11.7 Å². The summed E-state index contributed by atoms with van der Waals surface area (Å²) < 4.78 is 0.754. The second-order valence-electron chi connectivity index (χ2n) is 4.14. The lowest BCUT2D eigenvalue weighted by atomic mass is 10.1. The molecular weight excluding hydrogens is 308 g/mol. The van der Waals surface area contributed by atoms with Crippen molar-refractivity contribution in [2.24, 2.45) is 0 Å². The van der Waals surface area contributed by atoms with Crippen LogP contribution in [0.15, 0.2) is 47.2 Å². The van der Waals surface area contributed by atoms with Crippen molar-refractivity contribution in [3.8, 4) is 0 Å². The van der Waals surface area contributed by atoms with Crippen LogP contribution >= 0.6 is 15.9 Å². The molecule has 2 aromatic rings. The predicted molar refractivity (Wildman–Crippen MR) is 77.0 cm³/mol. The number of carbonyl (C=O) groups is 1. The van der Waals surface area contributed by atoms with Gasteiger partial charge in [0.1, 0.15) is 0 Å². The van der Waals surface area contributed by atoms with Crippen LogP contribution in [-0.4, -0.2) is 16.0 Å². The number of benzene rings is 1. The number of hydrogen-bond donors (Lipinski definition) is 2. The molecule has 0 saturated carbocycles. The zero-order chi connectivity index (χ0) is 13.8. The third-order valence-corrected chi connectivity index (χ3v) is 3.05. The van der Waals surface area contributed by atoms with Gasteiger partial charge in [-0.15, -0.1) is 0 Å². The maximum Gasteiger partial charge on any atom is 0.257 e. The summed E-state index contributed by atoms with van der Waals surface area (Å²) in [5.41, 5.74) is 1.96. The Hall–Kier alpha value is -1.72. The van der Waals surface area contributed by atoms with Gasteiger partial charge >= 0.3 is 0 Å². The monoisotopic (exact) mass is 320 g/mol. The van der Waals surface area contributed by atoms with Gasteiger partial charge in [-0.05, 0) is 46.6 Å². The number of nitrogens with zero attached hydrogens (tertiary/aromatic N) is 1. The summed E-state index contributed by atoms with van der Waals surface area (Å²) in [6.45, 7) is 1.70. The molecule has 0 bridgehead atoms. The molecule has 4 nitrogen and oxygen atoms in total. The molecule has 1 aromatic heterocycles. The SMILES string of the molecule is C[C@H](O)c1ccc(NC(=O)c2cncc(Br)c2)cc1. The third-order valence-electron chi connectivity index (χ3n) is 2.62. The van der Waals surface area contributed by atoms with E-state index in [0.717, 1.165) is 10.0 Å². The van der Waals surface area contributed by atoms with Crippen molar-refractivity contribution in [2.45, 2.75) is 13.0 Å². The Morgan fingerprint density at radius 1 is 1.32 bits per heavy atom. The molecule has 98 valence electrons. The van der Waals surface area contributed by atoms with E-state index in [0.29, 0.717) is 11.3 Å². The molecule has 0 aliphatic carbocycles. The van der Waals surface area contributed by atoms with E-state index in [4.69, 9.17) is 0 Å². The highest BCUT2D eigenvalue weighted by Gasteiger charge is 2.07. The minimum absolute atomic E-state index is 0.224. The molecule has 2 N–H and O–H groups in total. The molecule has 0 radical (unpaired) electrons. The highest BCUT2D eigenvalue weighted by Crippen LogP contribution is 2.17. The lowest BCUT2D eigenvalue weighted by Gasteiger charge is -2.08. The number of halogens is 1. The number of pyridine rings is 1. The average molecular weight is 321 g/mol. The van der Waals surface area contributed by atoms with Crippen LogP contribution in [0.25, 0.3) is 0 Å². The maximum atomic E-state index is 12.0. The van der Waals surface area contributed by atoms with E-state index in [1.54, 1.807) is 43.5 Å². The van der Waals surface area contributed by atoms with Gasteiger partial charge in [-0.25, -0.2) is 0 Å². The first-order chi connectivity index (χ1) is 9.06. The van der Waals surface area contributed by atoms with Gasteiger partial charge in [0.15, 0.2) is 0 Å². The van der Waals surface area contributed by atoms with Crippen LogP contribution in [0.3, 0.4) is 0 Å². The summed E-state index contributed by atoms with van der Waals surface area (Å²) in [7, 11) is 0. The molecule has 0 saturated heterocycles. The maximum absolute atomic E-state index is 12.0. The molecule has 2 rings (SSSR count). The number of aliphatic hydroxyl groups is 1. The molecule has 0 aliphatic rings. The van der Waals surface area contributed by atoms with Crippen LogP contribution < -0.4 is 5.32 Å². The molecule has 0 fully saturated rings. The molecule has 5 heteroatoms. The number of nitrogens with one attached hydrogen (secondary N) is 1. The standard InChI is InChI=1S/C14H13BrN2O2/c1-9(18)10-2-4-13(5-3-10)17-14(19)11-6-12(15)8-16-7-11/h2-9,18H,1H3,(H,17,19)/t9-/m0/s1. The van der Waals surface area contributed by atoms with Crippen molar-refractivity contribution in [1.82, 2.24) is 4.98 Å². The van der Waals surface area contributed by atoms with E-state index in [2.05, 4.69) is 26.2 Å². The molecule has 0 unspecified atom stereocenters. The van der Waals surface area contributed by atoms with Crippen LogP contribution in [0.4, 0.5) is 5.69 Å². The van der Waals surface area contributed by atoms with Crippen LogP contribution in [0.5, 0.6) is 0 Å². The predicted octanol–water partition coefficient (Wildman–Crippen LogP) is 3.15. The number of hydrogen-bond acceptors (Lipinski definition) is 3. The Morgan fingerprint density at radius 2 is 2.00 bits per heavy atom. The Labute approximate surface area is 119 Å². The van der Waals surface area contributed by atoms with Crippen molar-refractivity contribution in [2.75, 3.05) is 5.32 Å². The number of anilines is 1. The fourth-order valence-corrected chi connectivity index (χ4v) is 1.95. The van der Waals surface area contributed by atoms with Gasteiger partial charge in [-0.1, -0.05) is 12.1 Å². The van der Waals surface area contributed by atoms with E-state index in [9.17, 15) is 9.90 Å². The zero-order valence-corrected chi connectivity index (χ0v) is 11.9. The molecular formula is C14H13BrN2O2. The van der Waals surface area contributed by atoms with Gasteiger partial charge in [0, 0.05) is 22.6 Å². The Morgan fingerprint density at radius 3 is 2.58 bits per heavy atom. The van der Waals surface area contributed by atoms with Gasteiger partial charge < -0.3 is 10.4 Å². The third kappa shape index (κ3) is 3.62. The van der Waals surface area contributed by atoms with Crippen molar-refractivity contribution in [3.63, 3.8) is 0 Å². The van der Waals surface area contributed by atoms with Gasteiger partial charge in [-0.2, -0.15) is 0 Å². The first kappa shape index (κ1) is 13.7. The van der Waals surface area contributed by atoms with Crippen molar-refractivity contribution in [3.05, 3.63) is 58.3 Å². The molecule has 19 heavy (non-hydrogen) atoms.